The highest BCUT2D eigenvalue weighted by Crippen LogP contribution is 2.40. The van der Waals surface area contributed by atoms with Crippen LogP contribution in [-0.2, 0) is 21.4 Å². The first-order valence-electron chi connectivity index (χ1n) is 9.82. The van der Waals surface area contributed by atoms with Crippen molar-refractivity contribution in [1.82, 2.24) is 19.8 Å². The minimum absolute atomic E-state index is 0.0549. The van der Waals surface area contributed by atoms with Crippen LogP contribution in [0.2, 0.25) is 0 Å². The molecule has 1 aromatic heterocycles. The molecule has 7 heteroatoms. The van der Waals surface area contributed by atoms with E-state index in [4.69, 9.17) is 4.74 Å². The van der Waals surface area contributed by atoms with Crippen LogP contribution >= 0.6 is 0 Å². The average molecular weight is 360 g/mol. The van der Waals surface area contributed by atoms with E-state index >= 15 is 0 Å². The Balaban J connectivity index is 1.46. The third kappa shape index (κ3) is 3.63. The lowest BCUT2D eigenvalue weighted by Gasteiger charge is -2.41. The van der Waals surface area contributed by atoms with E-state index in [1.54, 1.807) is 6.33 Å². The maximum atomic E-state index is 12.6. The van der Waals surface area contributed by atoms with E-state index in [0.29, 0.717) is 25.3 Å². The van der Waals surface area contributed by atoms with Crippen LogP contribution in [0.3, 0.4) is 0 Å². The smallest absolute Gasteiger partial charge is 0.223 e. The molecule has 7 nitrogen and oxygen atoms in total. The second-order valence-corrected chi connectivity index (χ2v) is 7.79. The number of nitrogens with one attached hydrogen (secondary N) is 1. The van der Waals surface area contributed by atoms with Crippen molar-refractivity contribution in [3.63, 3.8) is 0 Å². The molecule has 26 heavy (non-hydrogen) atoms. The number of nitrogens with zero attached hydrogens (tertiary/aromatic N) is 3. The highest BCUT2D eigenvalue weighted by atomic mass is 16.5. The fourth-order valence-corrected chi connectivity index (χ4v) is 4.29. The summed E-state index contributed by atoms with van der Waals surface area (Å²) in [5.74, 6) is 0.256. The third-order valence-corrected chi connectivity index (χ3v) is 5.80. The van der Waals surface area contributed by atoms with Crippen LogP contribution < -0.4 is 5.32 Å². The molecule has 3 aliphatic rings. The molecule has 3 heterocycles. The molecule has 0 radical (unpaired) electrons. The van der Waals surface area contributed by atoms with Crippen molar-refractivity contribution in [2.45, 2.75) is 75.6 Å². The summed E-state index contributed by atoms with van der Waals surface area (Å²) in [4.78, 5) is 31.4. The molecule has 142 valence electrons. The van der Waals surface area contributed by atoms with E-state index in [2.05, 4.69) is 10.3 Å². The predicted molar refractivity (Wildman–Crippen MR) is 95.2 cm³/mol. The number of likely N-dealkylation sites (tertiary alicyclic amines) is 1. The molecule has 0 spiro atoms. The first-order valence-corrected chi connectivity index (χ1v) is 9.82. The SMILES string of the molecule is Cn1cncc1[C@H]1[C@H](NC(=O)CCC2CCCO2)CCC(=O)N1C1CC1. The Morgan fingerprint density at radius 1 is 1.35 bits per heavy atom. The van der Waals surface area contributed by atoms with Gasteiger partial charge in [-0.25, -0.2) is 4.98 Å². The zero-order valence-electron chi connectivity index (χ0n) is 15.4. The molecule has 2 amide bonds. The molecule has 0 aromatic carbocycles. The Hall–Kier alpha value is -1.89. The molecule has 0 bridgehead atoms. The standard InChI is InChI=1S/C19H28N4O3/c1-22-12-20-11-16(22)19-15(7-9-18(25)23(19)13-4-5-13)21-17(24)8-6-14-3-2-10-26-14/h11-15,19H,2-10H2,1H3,(H,21,24)/t14?,15-,19-/m1/s1. The van der Waals surface area contributed by atoms with Crippen molar-refractivity contribution in [1.29, 1.82) is 0 Å². The lowest BCUT2D eigenvalue weighted by molar-refractivity contribution is -0.140. The van der Waals surface area contributed by atoms with E-state index in [1.165, 1.54) is 0 Å². The highest BCUT2D eigenvalue weighted by Gasteiger charge is 2.45. The molecule has 3 fully saturated rings. The molecule has 1 unspecified atom stereocenters. The number of hydrogen-bond donors (Lipinski definition) is 1. The lowest BCUT2D eigenvalue weighted by atomic mass is 9.92. The van der Waals surface area contributed by atoms with Gasteiger partial charge in [-0.3, -0.25) is 9.59 Å². The van der Waals surface area contributed by atoms with Crippen LogP contribution in [0, 0.1) is 0 Å². The molecule has 2 saturated heterocycles. The van der Waals surface area contributed by atoms with Crippen molar-refractivity contribution in [3.05, 3.63) is 18.2 Å². The Labute approximate surface area is 154 Å². The number of aryl methyl sites for hydroxylation is 1. The highest BCUT2D eigenvalue weighted by molar-refractivity contribution is 5.80. The largest absolute Gasteiger partial charge is 0.378 e. The van der Waals surface area contributed by atoms with Crippen LogP contribution in [0.1, 0.15) is 63.1 Å². The molecule has 2 aliphatic heterocycles. The Morgan fingerprint density at radius 2 is 2.19 bits per heavy atom. The van der Waals surface area contributed by atoms with Crippen LogP contribution in [0.5, 0.6) is 0 Å². The summed E-state index contributed by atoms with van der Waals surface area (Å²) in [6.45, 7) is 0.815. The van der Waals surface area contributed by atoms with Crippen LogP contribution in [-0.4, -0.2) is 51.1 Å². The number of piperidine rings is 1. The van der Waals surface area contributed by atoms with Gasteiger partial charge in [0, 0.05) is 32.5 Å². The van der Waals surface area contributed by atoms with Crippen molar-refractivity contribution in [2.24, 2.45) is 7.05 Å². The molecule has 3 atom stereocenters. The second kappa shape index (κ2) is 7.39. The minimum Gasteiger partial charge on any atom is -0.378 e. The van der Waals surface area contributed by atoms with Crippen molar-refractivity contribution in [3.8, 4) is 0 Å². The quantitative estimate of drug-likeness (QED) is 0.838. The fraction of sp³-hybridized carbons (Fsp3) is 0.737. The van der Waals surface area contributed by atoms with E-state index in [0.717, 1.165) is 44.4 Å². The van der Waals surface area contributed by atoms with Gasteiger partial charge in [0.25, 0.3) is 0 Å². The number of carbonyl (C=O) groups is 2. The summed E-state index contributed by atoms with van der Waals surface area (Å²) in [6, 6.07) is 0.137. The summed E-state index contributed by atoms with van der Waals surface area (Å²) >= 11 is 0. The fourth-order valence-electron chi connectivity index (χ4n) is 4.29. The molecular weight excluding hydrogens is 332 g/mol. The normalized spacial score (nSPS) is 29.2. The number of aromatic nitrogens is 2. The van der Waals surface area contributed by atoms with Crippen LogP contribution in [0.4, 0.5) is 0 Å². The summed E-state index contributed by atoms with van der Waals surface area (Å²) in [6.07, 6.45) is 10.5. The zero-order chi connectivity index (χ0) is 18.1. The Kier molecular flexibility index (Phi) is 4.98. The van der Waals surface area contributed by atoms with Gasteiger partial charge in [0.1, 0.15) is 0 Å². The second-order valence-electron chi connectivity index (χ2n) is 7.79. The number of amides is 2. The van der Waals surface area contributed by atoms with Crippen molar-refractivity contribution < 1.29 is 14.3 Å². The average Bonchev–Trinajstić information content (AvgIpc) is 3.14. The number of hydrogen-bond acceptors (Lipinski definition) is 4. The van der Waals surface area contributed by atoms with Crippen molar-refractivity contribution >= 4 is 11.8 Å². The number of carbonyl (C=O) groups excluding carboxylic acids is 2. The van der Waals surface area contributed by atoms with Gasteiger partial charge in [-0.05, 0) is 38.5 Å². The van der Waals surface area contributed by atoms with E-state index in [-0.39, 0.29) is 30.0 Å². The Morgan fingerprint density at radius 3 is 2.85 bits per heavy atom. The maximum Gasteiger partial charge on any atom is 0.223 e. The van der Waals surface area contributed by atoms with E-state index in [9.17, 15) is 9.59 Å². The van der Waals surface area contributed by atoms with Crippen molar-refractivity contribution in [2.75, 3.05) is 6.61 Å². The summed E-state index contributed by atoms with van der Waals surface area (Å²) in [5, 5.41) is 3.21. The minimum atomic E-state index is -0.122. The summed E-state index contributed by atoms with van der Waals surface area (Å²) < 4.78 is 7.58. The van der Waals surface area contributed by atoms with Gasteiger partial charge in [-0.2, -0.15) is 0 Å². The van der Waals surface area contributed by atoms with Crippen LogP contribution in [0.25, 0.3) is 0 Å². The molecular formula is C19H28N4O3. The molecule has 1 aliphatic carbocycles. The molecule has 1 saturated carbocycles. The molecule has 1 aromatic rings. The van der Waals surface area contributed by atoms with Gasteiger partial charge in [-0.15, -0.1) is 0 Å². The first-order chi connectivity index (χ1) is 12.6. The molecule has 1 N–H and O–H groups in total. The third-order valence-electron chi connectivity index (χ3n) is 5.80. The van der Waals surface area contributed by atoms with Gasteiger partial charge in [0.15, 0.2) is 0 Å². The Bertz CT molecular complexity index is 663. The van der Waals surface area contributed by atoms with E-state index < -0.39 is 0 Å². The summed E-state index contributed by atoms with van der Waals surface area (Å²) in [7, 11) is 1.95. The van der Waals surface area contributed by atoms with Gasteiger partial charge in [0.2, 0.25) is 11.8 Å². The zero-order valence-corrected chi connectivity index (χ0v) is 15.4. The van der Waals surface area contributed by atoms with Crippen LogP contribution in [0.15, 0.2) is 12.5 Å². The van der Waals surface area contributed by atoms with Gasteiger partial charge < -0.3 is 19.5 Å². The van der Waals surface area contributed by atoms with Gasteiger partial charge in [-0.1, -0.05) is 0 Å². The topological polar surface area (TPSA) is 76.5 Å². The van der Waals surface area contributed by atoms with Gasteiger partial charge in [0.05, 0.1) is 36.4 Å². The monoisotopic (exact) mass is 360 g/mol. The number of imidazole rings is 1. The maximum absolute atomic E-state index is 12.6. The lowest BCUT2D eigenvalue weighted by Crippen LogP contribution is -2.53. The van der Waals surface area contributed by atoms with Gasteiger partial charge >= 0.3 is 0 Å². The molecule has 4 rings (SSSR count). The summed E-state index contributed by atoms with van der Waals surface area (Å²) in [5.41, 5.74) is 0.995. The number of ether oxygens (including phenoxy) is 1. The van der Waals surface area contributed by atoms with E-state index in [1.807, 2.05) is 22.7 Å². The predicted octanol–water partition coefficient (Wildman–Crippen LogP) is 1.69. The number of rotatable bonds is 6. The first kappa shape index (κ1) is 17.5.